The van der Waals surface area contributed by atoms with Crippen molar-refractivity contribution >= 4 is 17.5 Å². The second-order valence-electron chi connectivity index (χ2n) is 5.11. The Bertz CT molecular complexity index is 530. The van der Waals surface area contributed by atoms with Crippen molar-refractivity contribution in [2.45, 2.75) is 32.2 Å². The number of carbonyl (C=O) groups excluding carboxylic acids is 2. The maximum absolute atomic E-state index is 12.8. The fourth-order valence-corrected chi connectivity index (χ4v) is 2.36. The third-order valence-electron chi connectivity index (χ3n) is 3.78. The maximum atomic E-state index is 12.8. The van der Waals surface area contributed by atoms with Crippen LogP contribution in [0, 0.1) is 0 Å². The summed E-state index contributed by atoms with van der Waals surface area (Å²) >= 11 is 0. The topological polar surface area (TPSA) is 58.6 Å². The van der Waals surface area contributed by atoms with E-state index >= 15 is 0 Å². The average molecular weight is 276 g/mol. The first kappa shape index (κ1) is 14.4. The van der Waals surface area contributed by atoms with Crippen molar-refractivity contribution in [3.8, 4) is 5.75 Å². The average Bonchev–Trinajstić information content (AvgIpc) is 2.57. The van der Waals surface area contributed by atoms with E-state index < -0.39 is 5.54 Å². The molecule has 1 unspecified atom stereocenters. The first-order valence-electron chi connectivity index (χ1n) is 6.78. The largest absolute Gasteiger partial charge is 0.495 e. The molecule has 1 aliphatic heterocycles. The van der Waals surface area contributed by atoms with Gasteiger partial charge in [0.2, 0.25) is 5.91 Å². The molecule has 0 radical (unpaired) electrons. The van der Waals surface area contributed by atoms with Gasteiger partial charge in [-0.25, -0.2) is 0 Å². The van der Waals surface area contributed by atoms with E-state index in [1.54, 1.807) is 18.9 Å². The molecule has 0 saturated carbocycles. The molecular weight excluding hydrogens is 256 g/mol. The number of anilines is 1. The molecule has 1 atom stereocenters. The number of carbonyl (C=O) groups is 2. The van der Waals surface area contributed by atoms with Gasteiger partial charge in [-0.3, -0.25) is 9.59 Å². The van der Waals surface area contributed by atoms with Gasteiger partial charge < -0.3 is 15.0 Å². The number of nitrogens with zero attached hydrogens (tertiary/aromatic N) is 1. The summed E-state index contributed by atoms with van der Waals surface area (Å²) in [4.78, 5) is 26.2. The highest BCUT2D eigenvalue weighted by Gasteiger charge is 2.40. The van der Waals surface area contributed by atoms with Crippen LogP contribution in [0.25, 0.3) is 0 Å². The highest BCUT2D eigenvalue weighted by molar-refractivity contribution is 6.04. The lowest BCUT2D eigenvalue weighted by Crippen LogP contribution is -2.54. The number of hydrogen-bond acceptors (Lipinski definition) is 3. The van der Waals surface area contributed by atoms with Crippen LogP contribution in [0.15, 0.2) is 24.3 Å². The Morgan fingerprint density at radius 2 is 2.05 bits per heavy atom. The summed E-state index contributed by atoms with van der Waals surface area (Å²) < 4.78 is 5.32. The van der Waals surface area contributed by atoms with E-state index in [0.29, 0.717) is 30.8 Å². The van der Waals surface area contributed by atoms with Crippen molar-refractivity contribution in [1.82, 2.24) is 5.32 Å². The Morgan fingerprint density at radius 1 is 1.35 bits per heavy atom. The van der Waals surface area contributed by atoms with Crippen molar-refractivity contribution in [2.75, 3.05) is 18.6 Å². The molecule has 2 rings (SSSR count). The number of benzene rings is 1. The molecule has 1 aromatic rings. The second-order valence-corrected chi connectivity index (χ2v) is 5.11. The number of para-hydroxylation sites is 2. The van der Waals surface area contributed by atoms with Crippen LogP contribution in [0.1, 0.15) is 26.7 Å². The third-order valence-corrected chi connectivity index (χ3v) is 3.78. The lowest BCUT2D eigenvalue weighted by molar-refractivity contribution is -0.129. The zero-order valence-corrected chi connectivity index (χ0v) is 12.1. The van der Waals surface area contributed by atoms with Crippen LogP contribution in [-0.2, 0) is 9.59 Å². The molecule has 0 aliphatic carbocycles. The molecular formula is C15H20N2O3. The van der Waals surface area contributed by atoms with Gasteiger partial charge in [0.1, 0.15) is 11.3 Å². The van der Waals surface area contributed by atoms with Crippen LogP contribution in [0.2, 0.25) is 0 Å². The van der Waals surface area contributed by atoms with Crippen molar-refractivity contribution in [3.05, 3.63) is 24.3 Å². The van der Waals surface area contributed by atoms with Crippen LogP contribution in [0.3, 0.4) is 0 Å². The van der Waals surface area contributed by atoms with Crippen molar-refractivity contribution < 1.29 is 14.3 Å². The molecule has 1 heterocycles. The molecule has 0 aromatic heterocycles. The lowest BCUT2D eigenvalue weighted by Gasteiger charge is -2.31. The summed E-state index contributed by atoms with van der Waals surface area (Å²) in [6.45, 7) is 4.02. The molecule has 2 amide bonds. The van der Waals surface area contributed by atoms with E-state index in [4.69, 9.17) is 4.74 Å². The molecule has 1 fully saturated rings. The first-order chi connectivity index (χ1) is 9.51. The Hall–Kier alpha value is -2.04. The summed E-state index contributed by atoms with van der Waals surface area (Å²) in [5.74, 6) is 0.434. The zero-order valence-electron chi connectivity index (χ0n) is 12.1. The summed E-state index contributed by atoms with van der Waals surface area (Å²) in [6.07, 6.45) is 0.836. The Balaban J connectivity index is 2.44. The summed E-state index contributed by atoms with van der Waals surface area (Å²) in [5, 5.41) is 2.82. The normalized spacial score (nSPS) is 23.2. The smallest absolute Gasteiger partial charge is 0.252 e. The Labute approximate surface area is 118 Å². The van der Waals surface area contributed by atoms with Gasteiger partial charge in [-0.1, -0.05) is 19.1 Å². The van der Waals surface area contributed by atoms with Crippen LogP contribution in [0.5, 0.6) is 5.75 Å². The van der Waals surface area contributed by atoms with Gasteiger partial charge in [-0.15, -0.1) is 0 Å². The third kappa shape index (κ3) is 2.48. The van der Waals surface area contributed by atoms with Crippen LogP contribution in [0.4, 0.5) is 5.69 Å². The quantitative estimate of drug-likeness (QED) is 0.914. The van der Waals surface area contributed by atoms with Gasteiger partial charge in [0.15, 0.2) is 0 Å². The number of amides is 2. The zero-order chi connectivity index (χ0) is 14.8. The van der Waals surface area contributed by atoms with Crippen molar-refractivity contribution in [1.29, 1.82) is 0 Å². The SMILES string of the molecule is CCC1(C)NC(=O)CCN(c2ccccc2OC)C1=O. The Kier molecular flexibility index (Phi) is 3.97. The standard InChI is InChI=1S/C15H20N2O3/c1-4-15(2)14(19)17(10-9-13(18)16-15)11-7-5-6-8-12(11)20-3/h5-8H,4,9-10H2,1-3H3,(H,16,18). The summed E-state index contributed by atoms with van der Waals surface area (Å²) in [7, 11) is 1.57. The minimum Gasteiger partial charge on any atom is -0.495 e. The van der Waals surface area contributed by atoms with Crippen molar-refractivity contribution in [2.24, 2.45) is 0 Å². The Morgan fingerprint density at radius 3 is 2.70 bits per heavy atom. The van der Waals surface area contributed by atoms with Gasteiger partial charge in [-0.05, 0) is 25.5 Å². The van der Waals surface area contributed by atoms with E-state index in [1.165, 1.54) is 0 Å². The number of methoxy groups -OCH3 is 1. The molecule has 0 spiro atoms. The molecule has 20 heavy (non-hydrogen) atoms. The van der Waals surface area contributed by atoms with Crippen LogP contribution >= 0.6 is 0 Å². The van der Waals surface area contributed by atoms with Crippen molar-refractivity contribution in [3.63, 3.8) is 0 Å². The molecule has 5 nitrogen and oxygen atoms in total. The second kappa shape index (κ2) is 5.53. The number of rotatable bonds is 3. The number of hydrogen-bond donors (Lipinski definition) is 1. The fraction of sp³-hybridized carbons (Fsp3) is 0.467. The monoisotopic (exact) mass is 276 g/mol. The molecule has 1 N–H and O–H groups in total. The highest BCUT2D eigenvalue weighted by atomic mass is 16.5. The highest BCUT2D eigenvalue weighted by Crippen LogP contribution is 2.31. The van der Waals surface area contributed by atoms with E-state index in [2.05, 4.69) is 5.32 Å². The predicted octanol–water partition coefficient (Wildman–Crippen LogP) is 1.72. The fourth-order valence-electron chi connectivity index (χ4n) is 2.36. The lowest BCUT2D eigenvalue weighted by atomic mass is 9.97. The van der Waals surface area contributed by atoms with E-state index in [-0.39, 0.29) is 11.8 Å². The van der Waals surface area contributed by atoms with Crippen LogP contribution in [-0.4, -0.2) is 31.0 Å². The molecule has 5 heteroatoms. The van der Waals surface area contributed by atoms with Gasteiger partial charge in [-0.2, -0.15) is 0 Å². The van der Waals surface area contributed by atoms with Gasteiger partial charge in [0.05, 0.1) is 12.8 Å². The number of ether oxygens (including phenoxy) is 1. The minimum atomic E-state index is -0.867. The van der Waals surface area contributed by atoms with Gasteiger partial charge >= 0.3 is 0 Å². The molecule has 1 aliphatic rings. The maximum Gasteiger partial charge on any atom is 0.252 e. The van der Waals surface area contributed by atoms with Gasteiger partial charge in [0, 0.05) is 13.0 Å². The predicted molar refractivity (Wildman–Crippen MR) is 76.8 cm³/mol. The molecule has 108 valence electrons. The van der Waals surface area contributed by atoms with Crippen LogP contribution < -0.4 is 15.0 Å². The molecule has 0 bridgehead atoms. The van der Waals surface area contributed by atoms with E-state index in [9.17, 15) is 9.59 Å². The first-order valence-corrected chi connectivity index (χ1v) is 6.78. The summed E-state index contributed by atoms with van der Waals surface area (Å²) in [5.41, 5.74) is -0.162. The number of nitrogens with one attached hydrogen (secondary N) is 1. The minimum absolute atomic E-state index is 0.0971. The van der Waals surface area contributed by atoms with Gasteiger partial charge in [0.25, 0.3) is 5.91 Å². The summed E-state index contributed by atoms with van der Waals surface area (Å²) in [6, 6.07) is 7.36. The molecule has 1 aromatic carbocycles. The van der Waals surface area contributed by atoms with E-state index in [0.717, 1.165) is 0 Å². The van der Waals surface area contributed by atoms with E-state index in [1.807, 2.05) is 31.2 Å². The molecule has 1 saturated heterocycles.